The molecule has 1 atom stereocenters. The van der Waals surface area contributed by atoms with E-state index in [1.807, 2.05) is 38.2 Å². The van der Waals surface area contributed by atoms with Crippen LogP contribution in [0.4, 0.5) is 0 Å². The van der Waals surface area contributed by atoms with E-state index in [4.69, 9.17) is 9.47 Å². The fourth-order valence-electron chi connectivity index (χ4n) is 2.79. The summed E-state index contributed by atoms with van der Waals surface area (Å²) in [6.07, 6.45) is 0. The van der Waals surface area contributed by atoms with E-state index < -0.39 is 0 Å². The molecule has 24 heavy (non-hydrogen) atoms. The average Bonchev–Trinajstić information content (AvgIpc) is 2.60. The van der Waals surface area contributed by atoms with E-state index in [0.717, 1.165) is 31.9 Å². The Balaban J connectivity index is 2.00. The van der Waals surface area contributed by atoms with Gasteiger partial charge in [0.1, 0.15) is 12.4 Å². The molecule has 0 radical (unpaired) electrons. The van der Waals surface area contributed by atoms with Crippen molar-refractivity contribution >= 4 is 5.91 Å². The van der Waals surface area contributed by atoms with Crippen molar-refractivity contribution in [2.24, 2.45) is 0 Å². The molecule has 0 saturated carbocycles. The minimum Gasteiger partial charge on any atom is -0.488 e. The van der Waals surface area contributed by atoms with Crippen molar-refractivity contribution < 1.29 is 14.3 Å². The first-order valence-electron chi connectivity index (χ1n) is 8.42. The van der Waals surface area contributed by atoms with Crippen LogP contribution in [0, 0.1) is 0 Å². The predicted octanol–water partition coefficient (Wildman–Crippen LogP) is 2.43. The van der Waals surface area contributed by atoms with E-state index in [-0.39, 0.29) is 5.91 Å². The lowest BCUT2D eigenvalue weighted by Gasteiger charge is -2.34. The van der Waals surface area contributed by atoms with Crippen molar-refractivity contribution in [3.8, 4) is 5.75 Å². The van der Waals surface area contributed by atoms with Gasteiger partial charge in [0.25, 0.3) is 5.91 Å². The highest BCUT2D eigenvalue weighted by Gasteiger charge is 2.22. The number of carbonyl (C=O) groups is 1. The number of amides is 1. The first-order valence-corrected chi connectivity index (χ1v) is 8.42. The zero-order valence-corrected chi connectivity index (χ0v) is 15.0. The number of ether oxygens (including phenoxy) is 2. The summed E-state index contributed by atoms with van der Waals surface area (Å²) in [5.41, 5.74) is 1.52. The van der Waals surface area contributed by atoms with Crippen molar-refractivity contribution in [2.45, 2.75) is 19.9 Å². The summed E-state index contributed by atoms with van der Waals surface area (Å²) in [5.74, 6) is 0.587. The molecule has 1 aliphatic rings. The van der Waals surface area contributed by atoms with Gasteiger partial charge in [-0.2, -0.15) is 0 Å². The van der Waals surface area contributed by atoms with Gasteiger partial charge in [0.15, 0.2) is 0 Å². The standard InChI is InChI=1S/C19H28N2O3/c1-15(2)14-24-18-8-6-5-7-17(18)19(22)20(4)13-16(3)21-9-11-23-12-10-21/h5-8,16H,1,9-14H2,2-4H3. The molecule has 0 aromatic heterocycles. The minimum absolute atomic E-state index is 0.0209. The van der Waals surface area contributed by atoms with Gasteiger partial charge < -0.3 is 14.4 Å². The van der Waals surface area contributed by atoms with E-state index in [2.05, 4.69) is 18.4 Å². The summed E-state index contributed by atoms with van der Waals surface area (Å²) in [6.45, 7) is 12.3. The Bertz CT molecular complexity index is 567. The Morgan fingerprint density at radius 2 is 2.04 bits per heavy atom. The highest BCUT2D eigenvalue weighted by atomic mass is 16.5. The highest BCUT2D eigenvalue weighted by molar-refractivity contribution is 5.96. The third kappa shape index (κ3) is 5.08. The number of carbonyl (C=O) groups excluding carboxylic acids is 1. The molecule has 5 heteroatoms. The molecule has 0 N–H and O–H groups in total. The molecule has 1 saturated heterocycles. The summed E-state index contributed by atoms with van der Waals surface area (Å²) in [4.78, 5) is 16.9. The summed E-state index contributed by atoms with van der Waals surface area (Å²) < 4.78 is 11.1. The second kappa shape index (κ2) is 8.85. The quantitative estimate of drug-likeness (QED) is 0.719. The number of para-hydroxylation sites is 1. The molecule has 5 nitrogen and oxygen atoms in total. The van der Waals surface area contributed by atoms with E-state index in [1.54, 1.807) is 4.90 Å². The topological polar surface area (TPSA) is 42.0 Å². The second-order valence-electron chi connectivity index (χ2n) is 6.42. The van der Waals surface area contributed by atoms with Crippen molar-refractivity contribution in [1.82, 2.24) is 9.80 Å². The van der Waals surface area contributed by atoms with Crippen LogP contribution in [0.25, 0.3) is 0 Å². The molecule has 0 spiro atoms. The third-order valence-electron chi connectivity index (χ3n) is 4.15. The van der Waals surface area contributed by atoms with Crippen LogP contribution in [0.2, 0.25) is 0 Å². The molecule has 1 heterocycles. The Kier molecular flexibility index (Phi) is 6.82. The number of rotatable bonds is 7. The Morgan fingerprint density at radius 1 is 1.38 bits per heavy atom. The first-order chi connectivity index (χ1) is 11.5. The Labute approximate surface area is 144 Å². The SMILES string of the molecule is C=C(C)COc1ccccc1C(=O)N(C)CC(C)N1CCOCC1. The summed E-state index contributed by atoms with van der Waals surface area (Å²) in [6, 6.07) is 7.67. The van der Waals surface area contributed by atoms with Crippen LogP contribution in [0.5, 0.6) is 5.75 Å². The molecule has 0 aliphatic carbocycles. The van der Waals surface area contributed by atoms with Crippen LogP contribution < -0.4 is 4.74 Å². The summed E-state index contributed by atoms with van der Waals surface area (Å²) in [7, 11) is 1.84. The second-order valence-corrected chi connectivity index (χ2v) is 6.42. The van der Waals surface area contributed by atoms with Gasteiger partial charge in [0.2, 0.25) is 0 Å². The maximum absolute atomic E-state index is 12.8. The number of likely N-dealkylation sites (N-methyl/N-ethyl adjacent to an activating group) is 1. The minimum atomic E-state index is -0.0209. The average molecular weight is 332 g/mol. The van der Waals surface area contributed by atoms with Gasteiger partial charge in [-0.15, -0.1) is 0 Å². The lowest BCUT2D eigenvalue weighted by atomic mass is 10.1. The van der Waals surface area contributed by atoms with Crippen LogP contribution in [0.1, 0.15) is 24.2 Å². The fraction of sp³-hybridized carbons (Fsp3) is 0.526. The molecule has 1 amide bonds. The van der Waals surface area contributed by atoms with Gasteiger partial charge in [-0.1, -0.05) is 18.7 Å². The Hall–Kier alpha value is -1.85. The summed E-state index contributed by atoms with van der Waals surface area (Å²) >= 11 is 0. The van der Waals surface area contributed by atoms with Gasteiger partial charge in [-0.3, -0.25) is 9.69 Å². The number of nitrogens with zero attached hydrogens (tertiary/aromatic N) is 2. The van der Waals surface area contributed by atoms with Crippen LogP contribution in [0.3, 0.4) is 0 Å². The van der Waals surface area contributed by atoms with Crippen LogP contribution >= 0.6 is 0 Å². The molecule has 0 bridgehead atoms. The third-order valence-corrected chi connectivity index (χ3v) is 4.15. The molecule has 132 valence electrons. The predicted molar refractivity (Wildman–Crippen MR) is 95.6 cm³/mol. The lowest BCUT2D eigenvalue weighted by molar-refractivity contribution is 0.0142. The van der Waals surface area contributed by atoms with E-state index >= 15 is 0 Å². The van der Waals surface area contributed by atoms with E-state index in [0.29, 0.717) is 30.5 Å². The number of benzene rings is 1. The van der Waals surface area contributed by atoms with Crippen LogP contribution in [-0.2, 0) is 4.74 Å². The van der Waals surface area contributed by atoms with Crippen LogP contribution in [-0.4, -0.2) is 68.3 Å². The van der Waals surface area contributed by atoms with Gasteiger partial charge in [-0.25, -0.2) is 0 Å². The fourth-order valence-corrected chi connectivity index (χ4v) is 2.79. The van der Waals surface area contributed by atoms with Crippen molar-refractivity contribution in [1.29, 1.82) is 0 Å². The lowest BCUT2D eigenvalue weighted by Crippen LogP contribution is -2.47. The maximum Gasteiger partial charge on any atom is 0.257 e. The van der Waals surface area contributed by atoms with Crippen LogP contribution in [0.15, 0.2) is 36.4 Å². The zero-order valence-electron chi connectivity index (χ0n) is 15.0. The van der Waals surface area contributed by atoms with Crippen molar-refractivity contribution in [3.05, 3.63) is 42.0 Å². The molecule has 1 fully saturated rings. The maximum atomic E-state index is 12.8. The molecule has 1 aromatic carbocycles. The smallest absolute Gasteiger partial charge is 0.257 e. The van der Waals surface area contributed by atoms with Crippen molar-refractivity contribution in [2.75, 3.05) is 46.5 Å². The van der Waals surface area contributed by atoms with Gasteiger partial charge in [-0.05, 0) is 31.6 Å². The molecule has 1 unspecified atom stereocenters. The molecule has 2 rings (SSSR count). The number of hydrogen-bond acceptors (Lipinski definition) is 4. The molecular weight excluding hydrogens is 304 g/mol. The molecule has 1 aromatic rings. The molecule has 1 aliphatic heterocycles. The number of morpholine rings is 1. The highest BCUT2D eigenvalue weighted by Crippen LogP contribution is 2.20. The Morgan fingerprint density at radius 3 is 2.71 bits per heavy atom. The van der Waals surface area contributed by atoms with E-state index in [9.17, 15) is 4.79 Å². The zero-order chi connectivity index (χ0) is 17.5. The molecular formula is C19H28N2O3. The van der Waals surface area contributed by atoms with E-state index in [1.165, 1.54) is 0 Å². The first kappa shape index (κ1) is 18.5. The van der Waals surface area contributed by atoms with Crippen molar-refractivity contribution in [3.63, 3.8) is 0 Å². The largest absolute Gasteiger partial charge is 0.488 e. The normalized spacial score (nSPS) is 16.5. The van der Waals surface area contributed by atoms with Gasteiger partial charge in [0.05, 0.1) is 18.8 Å². The number of hydrogen-bond donors (Lipinski definition) is 0. The van der Waals surface area contributed by atoms with Gasteiger partial charge >= 0.3 is 0 Å². The monoisotopic (exact) mass is 332 g/mol. The summed E-state index contributed by atoms with van der Waals surface area (Å²) in [5, 5.41) is 0. The van der Waals surface area contributed by atoms with Gasteiger partial charge in [0, 0.05) is 32.7 Å².